The van der Waals surface area contributed by atoms with Crippen LogP contribution in [-0.4, -0.2) is 55.6 Å². The number of nitrogens with zero attached hydrogens (tertiary/aromatic N) is 3. The Morgan fingerprint density at radius 3 is 2.55 bits per heavy atom. The first-order valence-corrected chi connectivity index (χ1v) is 7.94. The summed E-state index contributed by atoms with van der Waals surface area (Å²) in [5.41, 5.74) is 5.66. The van der Waals surface area contributed by atoms with Crippen molar-refractivity contribution in [1.29, 1.82) is 5.26 Å². The van der Waals surface area contributed by atoms with Crippen molar-refractivity contribution in [3.63, 3.8) is 0 Å². The Balaban J connectivity index is 2.46. The second-order valence-electron chi connectivity index (χ2n) is 7.03. The molecule has 0 aromatic heterocycles. The molecule has 0 bridgehead atoms. The van der Waals surface area contributed by atoms with Gasteiger partial charge in [-0.2, -0.15) is 5.26 Å². The predicted octanol–water partition coefficient (Wildman–Crippen LogP) is 1.92. The molecule has 1 rings (SSSR count). The minimum atomic E-state index is -0.564. The van der Waals surface area contributed by atoms with Gasteiger partial charge < -0.3 is 15.5 Å². The number of rotatable bonds is 8. The lowest BCUT2D eigenvalue weighted by Gasteiger charge is -2.29. The van der Waals surface area contributed by atoms with Gasteiger partial charge in [0.05, 0.1) is 6.07 Å². The highest BCUT2D eigenvalue weighted by molar-refractivity contribution is 5.11. The van der Waals surface area contributed by atoms with Gasteiger partial charge in [0.25, 0.3) is 0 Å². The van der Waals surface area contributed by atoms with Gasteiger partial charge in [-0.05, 0) is 51.7 Å². The van der Waals surface area contributed by atoms with E-state index in [9.17, 15) is 5.26 Å². The van der Waals surface area contributed by atoms with Crippen LogP contribution in [0.25, 0.3) is 0 Å². The molecule has 0 saturated heterocycles. The molecule has 0 amide bonds. The van der Waals surface area contributed by atoms with Crippen LogP contribution >= 0.6 is 0 Å². The largest absolute Gasteiger partial charge is 0.313 e. The topological polar surface area (TPSA) is 56.3 Å². The molecular formula is C16H32N4. The van der Waals surface area contributed by atoms with Gasteiger partial charge in [0.2, 0.25) is 0 Å². The van der Waals surface area contributed by atoms with Crippen molar-refractivity contribution in [2.45, 2.75) is 45.1 Å². The summed E-state index contributed by atoms with van der Waals surface area (Å²) in [7, 11) is 4.23. The molecule has 1 aliphatic carbocycles. The maximum Gasteiger partial charge on any atom is 0.107 e. The van der Waals surface area contributed by atoms with Crippen LogP contribution in [0.2, 0.25) is 0 Å². The maximum atomic E-state index is 9.29. The van der Waals surface area contributed by atoms with Crippen molar-refractivity contribution < 1.29 is 0 Å². The fraction of sp³-hybridized carbons (Fsp3) is 0.938. The SMILES string of the molecule is CC(C)CN(CCC1CCCC1(N)C#N)CCN(C)C. The van der Waals surface area contributed by atoms with Crippen LogP contribution in [-0.2, 0) is 0 Å². The zero-order valence-electron chi connectivity index (χ0n) is 13.7. The fourth-order valence-corrected chi connectivity index (χ4v) is 3.14. The molecule has 1 saturated carbocycles. The van der Waals surface area contributed by atoms with Crippen molar-refractivity contribution in [1.82, 2.24) is 9.80 Å². The molecular weight excluding hydrogens is 248 g/mol. The minimum Gasteiger partial charge on any atom is -0.313 e. The summed E-state index contributed by atoms with van der Waals surface area (Å²) in [6, 6.07) is 2.36. The summed E-state index contributed by atoms with van der Waals surface area (Å²) in [4.78, 5) is 4.76. The molecule has 0 aliphatic heterocycles. The van der Waals surface area contributed by atoms with Gasteiger partial charge in [0.1, 0.15) is 5.54 Å². The average Bonchev–Trinajstić information content (AvgIpc) is 2.74. The van der Waals surface area contributed by atoms with E-state index >= 15 is 0 Å². The molecule has 0 aromatic rings. The number of likely N-dealkylation sites (N-methyl/N-ethyl adjacent to an activating group) is 1. The number of hydrogen-bond acceptors (Lipinski definition) is 4. The van der Waals surface area contributed by atoms with Crippen molar-refractivity contribution in [3.05, 3.63) is 0 Å². The molecule has 2 atom stereocenters. The molecule has 2 N–H and O–H groups in total. The Hall–Kier alpha value is -0.630. The molecule has 1 fully saturated rings. The summed E-state index contributed by atoms with van der Waals surface area (Å²) < 4.78 is 0. The second-order valence-corrected chi connectivity index (χ2v) is 7.03. The maximum absolute atomic E-state index is 9.29. The third-order valence-corrected chi connectivity index (χ3v) is 4.36. The van der Waals surface area contributed by atoms with Crippen molar-refractivity contribution >= 4 is 0 Å². The molecule has 1 aliphatic rings. The number of hydrogen-bond donors (Lipinski definition) is 1. The summed E-state index contributed by atoms with van der Waals surface area (Å²) in [6.07, 6.45) is 4.16. The smallest absolute Gasteiger partial charge is 0.107 e. The third-order valence-electron chi connectivity index (χ3n) is 4.36. The highest BCUT2D eigenvalue weighted by Gasteiger charge is 2.39. The van der Waals surface area contributed by atoms with Gasteiger partial charge in [-0.15, -0.1) is 0 Å². The van der Waals surface area contributed by atoms with E-state index in [4.69, 9.17) is 5.73 Å². The predicted molar refractivity (Wildman–Crippen MR) is 84.3 cm³/mol. The number of nitriles is 1. The van der Waals surface area contributed by atoms with Crippen LogP contribution in [0.3, 0.4) is 0 Å². The van der Waals surface area contributed by atoms with Gasteiger partial charge in [0.15, 0.2) is 0 Å². The number of nitrogens with two attached hydrogens (primary N) is 1. The highest BCUT2D eigenvalue weighted by Crippen LogP contribution is 2.35. The van der Waals surface area contributed by atoms with Crippen molar-refractivity contribution in [2.24, 2.45) is 17.6 Å². The van der Waals surface area contributed by atoms with E-state index in [-0.39, 0.29) is 0 Å². The average molecular weight is 280 g/mol. The quantitative estimate of drug-likeness (QED) is 0.738. The van der Waals surface area contributed by atoms with Gasteiger partial charge in [-0.25, -0.2) is 0 Å². The van der Waals surface area contributed by atoms with Crippen molar-refractivity contribution in [3.8, 4) is 6.07 Å². The monoisotopic (exact) mass is 280 g/mol. The zero-order valence-corrected chi connectivity index (χ0v) is 13.7. The molecule has 0 aromatic carbocycles. The van der Waals surface area contributed by atoms with E-state index in [0.717, 1.165) is 51.9 Å². The minimum absolute atomic E-state index is 0.376. The molecule has 0 heterocycles. The van der Waals surface area contributed by atoms with E-state index in [0.29, 0.717) is 11.8 Å². The first-order chi connectivity index (χ1) is 9.37. The van der Waals surface area contributed by atoms with Crippen LogP contribution in [0.15, 0.2) is 0 Å². The Morgan fingerprint density at radius 2 is 2.00 bits per heavy atom. The standard InChI is InChI=1S/C16H32N4/c1-14(2)12-20(11-10-19(3)4)9-7-15-6-5-8-16(15,18)13-17/h14-15H,5-12,18H2,1-4H3. The van der Waals surface area contributed by atoms with E-state index in [1.807, 2.05) is 0 Å². The van der Waals surface area contributed by atoms with E-state index in [1.54, 1.807) is 0 Å². The van der Waals surface area contributed by atoms with E-state index < -0.39 is 5.54 Å². The van der Waals surface area contributed by atoms with Crippen LogP contribution in [0.1, 0.15) is 39.5 Å². The lowest BCUT2D eigenvalue weighted by molar-refractivity contribution is 0.198. The van der Waals surface area contributed by atoms with Crippen LogP contribution < -0.4 is 5.73 Å². The van der Waals surface area contributed by atoms with Gasteiger partial charge in [-0.1, -0.05) is 20.3 Å². The van der Waals surface area contributed by atoms with Crippen LogP contribution in [0.5, 0.6) is 0 Å². The molecule has 0 radical (unpaired) electrons. The van der Waals surface area contributed by atoms with Gasteiger partial charge >= 0.3 is 0 Å². The molecule has 0 spiro atoms. The lowest BCUT2D eigenvalue weighted by atomic mass is 9.87. The lowest BCUT2D eigenvalue weighted by Crippen LogP contribution is -2.44. The van der Waals surface area contributed by atoms with Crippen LogP contribution in [0.4, 0.5) is 0 Å². The molecule has 20 heavy (non-hydrogen) atoms. The van der Waals surface area contributed by atoms with Gasteiger partial charge in [0, 0.05) is 19.6 Å². The fourth-order valence-electron chi connectivity index (χ4n) is 3.14. The highest BCUT2D eigenvalue weighted by atomic mass is 15.2. The Kier molecular flexibility index (Phi) is 6.94. The molecule has 2 unspecified atom stereocenters. The normalized spacial score (nSPS) is 26.6. The second kappa shape index (κ2) is 7.97. The first-order valence-electron chi connectivity index (χ1n) is 7.94. The molecule has 4 heteroatoms. The summed E-state index contributed by atoms with van der Waals surface area (Å²) >= 11 is 0. The summed E-state index contributed by atoms with van der Waals surface area (Å²) in [6.45, 7) is 8.91. The Bertz CT molecular complexity index is 321. The molecule has 4 nitrogen and oxygen atoms in total. The van der Waals surface area contributed by atoms with Crippen LogP contribution in [0, 0.1) is 23.2 Å². The Labute approximate surface area is 124 Å². The van der Waals surface area contributed by atoms with Crippen molar-refractivity contribution in [2.75, 3.05) is 40.3 Å². The first kappa shape index (κ1) is 17.4. The summed E-state index contributed by atoms with van der Waals surface area (Å²) in [5.74, 6) is 1.06. The summed E-state index contributed by atoms with van der Waals surface area (Å²) in [5, 5.41) is 9.29. The third kappa shape index (κ3) is 5.40. The van der Waals surface area contributed by atoms with E-state index in [2.05, 4.69) is 43.8 Å². The van der Waals surface area contributed by atoms with Gasteiger partial charge in [-0.3, -0.25) is 0 Å². The zero-order chi connectivity index (χ0) is 15.2. The van der Waals surface area contributed by atoms with E-state index in [1.165, 1.54) is 0 Å². The molecule has 116 valence electrons. The Morgan fingerprint density at radius 1 is 1.30 bits per heavy atom.